The monoisotopic (exact) mass is 166 g/mol. The Morgan fingerprint density at radius 3 is 3.08 bits per heavy atom. The van der Waals surface area contributed by atoms with Crippen LogP contribution in [0.15, 0.2) is 10.8 Å². The van der Waals surface area contributed by atoms with E-state index in [4.69, 9.17) is 4.52 Å². The van der Waals surface area contributed by atoms with Gasteiger partial charge < -0.3 is 9.84 Å². The second kappa shape index (κ2) is 2.62. The van der Waals surface area contributed by atoms with Crippen LogP contribution in [0.3, 0.4) is 0 Å². The lowest BCUT2D eigenvalue weighted by Crippen LogP contribution is -2.19. The fraction of sp³-hybridized carbons (Fsp3) is 0.500. The van der Waals surface area contributed by atoms with Crippen molar-refractivity contribution < 1.29 is 9.32 Å². The van der Waals surface area contributed by atoms with Crippen molar-refractivity contribution in [1.82, 2.24) is 10.5 Å². The summed E-state index contributed by atoms with van der Waals surface area (Å²) in [6.45, 7) is 0. The highest BCUT2D eigenvalue weighted by atomic mass is 16.5. The van der Waals surface area contributed by atoms with Crippen molar-refractivity contribution in [2.24, 2.45) is 0 Å². The second-order valence-corrected chi connectivity index (χ2v) is 2.97. The molecule has 0 aliphatic heterocycles. The molecule has 2 rings (SSSR count). The lowest BCUT2D eigenvalue weighted by Gasteiger charge is -1.95. The first-order valence-electron chi connectivity index (χ1n) is 3.99. The fourth-order valence-corrected chi connectivity index (χ4v) is 1.22. The summed E-state index contributed by atoms with van der Waals surface area (Å²) in [5.41, 5.74) is 1.40. The van der Waals surface area contributed by atoms with E-state index in [0.29, 0.717) is 11.6 Å². The van der Waals surface area contributed by atoms with Crippen LogP contribution in [0.1, 0.15) is 34.8 Å². The molecule has 0 saturated heterocycles. The molecular weight excluding hydrogens is 156 g/mol. The molecule has 0 atom stereocenters. The lowest BCUT2D eigenvalue weighted by molar-refractivity contribution is 0.0953. The Morgan fingerprint density at radius 2 is 2.50 bits per heavy atom. The molecule has 1 aliphatic carbocycles. The molecule has 0 aromatic carbocycles. The van der Waals surface area contributed by atoms with Gasteiger partial charge in [-0.25, -0.2) is 0 Å². The van der Waals surface area contributed by atoms with Crippen LogP contribution in [-0.4, -0.2) is 18.1 Å². The van der Waals surface area contributed by atoms with Gasteiger partial charge in [0, 0.05) is 12.6 Å². The number of hydrogen-bond acceptors (Lipinski definition) is 3. The fourth-order valence-electron chi connectivity index (χ4n) is 1.22. The zero-order chi connectivity index (χ0) is 8.55. The summed E-state index contributed by atoms with van der Waals surface area (Å²) in [4.78, 5) is 11.2. The molecule has 1 fully saturated rings. The molecule has 1 N–H and O–H groups in total. The number of carbonyl (C=O) groups excluding carboxylic acids is 1. The van der Waals surface area contributed by atoms with Crippen molar-refractivity contribution in [2.45, 2.75) is 18.8 Å². The normalized spacial score (nSPS) is 16.1. The van der Waals surface area contributed by atoms with Gasteiger partial charge in [0.15, 0.2) is 5.69 Å². The van der Waals surface area contributed by atoms with Crippen molar-refractivity contribution in [1.29, 1.82) is 0 Å². The molecule has 0 radical (unpaired) electrons. The average Bonchev–Trinajstić information content (AvgIpc) is 2.83. The Hall–Kier alpha value is -1.32. The molecule has 1 amide bonds. The SMILES string of the molecule is CNC(=O)c1nocc1C1CC1. The van der Waals surface area contributed by atoms with Crippen molar-refractivity contribution >= 4 is 5.91 Å². The quantitative estimate of drug-likeness (QED) is 0.710. The highest BCUT2D eigenvalue weighted by molar-refractivity contribution is 5.93. The maximum atomic E-state index is 11.2. The summed E-state index contributed by atoms with van der Waals surface area (Å²) in [5.74, 6) is 0.342. The van der Waals surface area contributed by atoms with Gasteiger partial charge in [-0.1, -0.05) is 5.16 Å². The van der Waals surface area contributed by atoms with E-state index in [2.05, 4.69) is 10.5 Å². The molecule has 64 valence electrons. The second-order valence-electron chi connectivity index (χ2n) is 2.97. The van der Waals surface area contributed by atoms with Gasteiger partial charge in [0.2, 0.25) is 0 Å². The van der Waals surface area contributed by atoms with E-state index in [0.717, 1.165) is 18.4 Å². The highest BCUT2D eigenvalue weighted by Gasteiger charge is 2.30. The van der Waals surface area contributed by atoms with Crippen molar-refractivity contribution in [2.75, 3.05) is 7.05 Å². The van der Waals surface area contributed by atoms with Gasteiger partial charge in [-0.15, -0.1) is 0 Å². The Kier molecular flexibility index (Phi) is 1.60. The van der Waals surface area contributed by atoms with Gasteiger partial charge in [0.05, 0.1) is 0 Å². The van der Waals surface area contributed by atoms with E-state index in [1.165, 1.54) is 0 Å². The molecule has 4 nitrogen and oxygen atoms in total. The smallest absolute Gasteiger partial charge is 0.273 e. The minimum absolute atomic E-state index is 0.161. The summed E-state index contributed by atoms with van der Waals surface area (Å²) < 4.78 is 4.76. The summed E-state index contributed by atoms with van der Waals surface area (Å²) in [6.07, 6.45) is 3.86. The zero-order valence-electron chi connectivity index (χ0n) is 6.83. The third-order valence-corrected chi connectivity index (χ3v) is 2.06. The molecule has 12 heavy (non-hydrogen) atoms. The van der Waals surface area contributed by atoms with Gasteiger partial charge >= 0.3 is 0 Å². The molecule has 1 aliphatic rings. The van der Waals surface area contributed by atoms with E-state index < -0.39 is 0 Å². The highest BCUT2D eigenvalue weighted by Crippen LogP contribution is 2.41. The predicted octanol–water partition coefficient (Wildman–Crippen LogP) is 0.912. The Balaban J connectivity index is 2.29. The third kappa shape index (κ3) is 1.09. The van der Waals surface area contributed by atoms with E-state index >= 15 is 0 Å². The van der Waals surface area contributed by atoms with Gasteiger partial charge in [0.25, 0.3) is 5.91 Å². The van der Waals surface area contributed by atoms with Crippen LogP contribution in [0, 0.1) is 0 Å². The Morgan fingerprint density at radius 1 is 1.75 bits per heavy atom. The predicted molar refractivity (Wildman–Crippen MR) is 41.9 cm³/mol. The topological polar surface area (TPSA) is 55.1 Å². The molecule has 1 aromatic rings. The van der Waals surface area contributed by atoms with Crippen LogP contribution in [0.4, 0.5) is 0 Å². The first-order valence-corrected chi connectivity index (χ1v) is 3.99. The third-order valence-electron chi connectivity index (χ3n) is 2.06. The van der Waals surface area contributed by atoms with E-state index in [1.807, 2.05) is 0 Å². The van der Waals surface area contributed by atoms with Crippen molar-refractivity contribution in [3.05, 3.63) is 17.5 Å². The Labute approximate surface area is 69.9 Å². The molecule has 0 spiro atoms. The number of rotatable bonds is 2. The van der Waals surface area contributed by atoms with Crippen LogP contribution >= 0.6 is 0 Å². The summed E-state index contributed by atoms with van der Waals surface area (Å²) >= 11 is 0. The van der Waals surface area contributed by atoms with Crippen molar-refractivity contribution in [3.8, 4) is 0 Å². The number of amides is 1. The molecule has 1 aromatic heterocycles. The van der Waals surface area contributed by atoms with Crippen LogP contribution in [0.5, 0.6) is 0 Å². The van der Waals surface area contributed by atoms with Gasteiger partial charge in [-0.3, -0.25) is 4.79 Å². The standard InChI is InChI=1S/C8H10N2O2/c1-9-8(11)7-6(4-12-10-7)5-2-3-5/h4-5H,2-3H2,1H3,(H,9,11). The zero-order valence-corrected chi connectivity index (χ0v) is 6.83. The number of hydrogen-bond donors (Lipinski definition) is 1. The van der Waals surface area contributed by atoms with E-state index in [1.54, 1.807) is 13.3 Å². The van der Waals surface area contributed by atoms with Crippen LogP contribution in [0.2, 0.25) is 0 Å². The maximum Gasteiger partial charge on any atom is 0.273 e. The van der Waals surface area contributed by atoms with Gasteiger partial charge in [0.1, 0.15) is 6.26 Å². The summed E-state index contributed by atoms with van der Waals surface area (Å²) in [7, 11) is 1.59. The number of carbonyl (C=O) groups is 1. The minimum atomic E-state index is -0.161. The van der Waals surface area contributed by atoms with Crippen LogP contribution in [-0.2, 0) is 0 Å². The van der Waals surface area contributed by atoms with Gasteiger partial charge in [-0.2, -0.15) is 0 Å². The number of aromatic nitrogens is 1. The molecule has 1 heterocycles. The molecule has 0 bridgehead atoms. The van der Waals surface area contributed by atoms with E-state index in [-0.39, 0.29) is 5.91 Å². The average molecular weight is 166 g/mol. The summed E-state index contributed by atoms with van der Waals surface area (Å²) in [6, 6.07) is 0. The largest absolute Gasteiger partial charge is 0.364 e. The van der Waals surface area contributed by atoms with Crippen molar-refractivity contribution in [3.63, 3.8) is 0 Å². The first-order chi connectivity index (χ1) is 5.83. The van der Waals surface area contributed by atoms with E-state index in [9.17, 15) is 4.79 Å². The first kappa shape index (κ1) is 7.34. The van der Waals surface area contributed by atoms with Crippen LogP contribution < -0.4 is 5.32 Å². The lowest BCUT2D eigenvalue weighted by atomic mass is 10.1. The molecule has 0 unspecified atom stereocenters. The van der Waals surface area contributed by atoms with Crippen LogP contribution in [0.25, 0.3) is 0 Å². The Bertz CT molecular complexity index is 302. The summed E-state index contributed by atoms with van der Waals surface area (Å²) in [5, 5.41) is 6.19. The number of nitrogens with one attached hydrogen (secondary N) is 1. The molecule has 4 heteroatoms. The number of nitrogens with zero attached hydrogens (tertiary/aromatic N) is 1. The maximum absolute atomic E-state index is 11.2. The van der Waals surface area contributed by atoms with Gasteiger partial charge in [-0.05, 0) is 18.8 Å². The molecular formula is C8H10N2O2. The minimum Gasteiger partial charge on any atom is -0.364 e. The molecule has 1 saturated carbocycles.